The number of ether oxygens (including phenoxy) is 2. The van der Waals surface area contributed by atoms with Gasteiger partial charge in [0.2, 0.25) is 0 Å². The second kappa shape index (κ2) is 5.35. The lowest BCUT2D eigenvalue weighted by atomic mass is 9.74. The van der Waals surface area contributed by atoms with Crippen LogP contribution in [0.1, 0.15) is 32.8 Å². The van der Waals surface area contributed by atoms with Crippen LogP contribution < -0.4 is 0 Å². The van der Waals surface area contributed by atoms with Gasteiger partial charge >= 0.3 is 11.9 Å². The average molecular weight is 288 g/mol. The predicted molar refractivity (Wildman–Crippen MR) is 78.7 cm³/mol. The Morgan fingerprint density at radius 2 is 1.90 bits per heavy atom. The van der Waals surface area contributed by atoms with Crippen LogP contribution in [0.3, 0.4) is 0 Å². The van der Waals surface area contributed by atoms with Crippen LogP contribution in [-0.4, -0.2) is 24.1 Å². The summed E-state index contributed by atoms with van der Waals surface area (Å²) in [5, 5.41) is 0. The van der Waals surface area contributed by atoms with Crippen molar-refractivity contribution in [3.8, 4) is 0 Å². The zero-order valence-electron chi connectivity index (χ0n) is 12.6. The highest BCUT2D eigenvalue weighted by molar-refractivity contribution is 6.07. The maximum absolute atomic E-state index is 12.7. The molecule has 4 nitrogen and oxygen atoms in total. The fraction of sp³-hybridized carbons (Fsp3) is 0.412. The molecule has 0 aromatic heterocycles. The van der Waals surface area contributed by atoms with Crippen molar-refractivity contribution in [3.63, 3.8) is 0 Å². The fourth-order valence-electron chi connectivity index (χ4n) is 2.37. The van der Waals surface area contributed by atoms with E-state index < -0.39 is 23.0 Å². The Hall–Kier alpha value is -2.10. The van der Waals surface area contributed by atoms with Crippen molar-refractivity contribution in [3.05, 3.63) is 48.0 Å². The van der Waals surface area contributed by atoms with Crippen molar-refractivity contribution >= 4 is 11.9 Å². The molecule has 1 aromatic carbocycles. The van der Waals surface area contributed by atoms with E-state index in [0.29, 0.717) is 11.1 Å². The first-order chi connectivity index (χ1) is 9.75. The summed E-state index contributed by atoms with van der Waals surface area (Å²) in [6.07, 6.45) is 0.213. The molecule has 0 aliphatic carbocycles. The lowest BCUT2D eigenvalue weighted by Crippen LogP contribution is -2.51. The van der Waals surface area contributed by atoms with Gasteiger partial charge in [0.25, 0.3) is 0 Å². The third-order valence-corrected chi connectivity index (χ3v) is 3.28. The molecule has 0 amide bonds. The Labute approximate surface area is 124 Å². The molecule has 1 saturated heterocycles. The van der Waals surface area contributed by atoms with Crippen molar-refractivity contribution in [2.75, 3.05) is 6.61 Å². The minimum atomic E-state index is -1.45. The van der Waals surface area contributed by atoms with Crippen LogP contribution in [-0.2, 0) is 24.5 Å². The van der Waals surface area contributed by atoms with Gasteiger partial charge in [0.15, 0.2) is 5.41 Å². The van der Waals surface area contributed by atoms with Gasteiger partial charge in [0.1, 0.15) is 12.2 Å². The van der Waals surface area contributed by atoms with Gasteiger partial charge in [-0.3, -0.25) is 9.59 Å². The van der Waals surface area contributed by atoms with Crippen LogP contribution in [0.25, 0.3) is 0 Å². The summed E-state index contributed by atoms with van der Waals surface area (Å²) in [5.74, 6) is -1.16. The second-order valence-corrected chi connectivity index (χ2v) is 6.28. The van der Waals surface area contributed by atoms with E-state index in [0.717, 1.165) is 0 Å². The smallest absolute Gasteiger partial charge is 0.328 e. The van der Waals surface area contributed by atoms with Gasteiger partial charge in [0.05, 0.1) is 0 Å². The van der Waals surface area contributed by atoms with E-state index in [1.54, 1.807) is 45.0 Å². The first-order valence-corrected chi connectivity index (χ1v) is 6.88. The highest BCUT2D eigenvalue weighted by Gasteiger charge is 2.53. The highest BCUT2D eigenvalue weighted by atomic mass is 16.6. The summed E-state index contributed by atoms with van der Waals surface area (Å²) in [5.41, 5.74) is -0.865. The summed E-state index contributed by atoms with van der Waals surface area (Å²) < 4.78 is 10.6. The monoisotopic (exact) mass is 288 g/mol. The van der Waals surface area contributed by atoms with Crippen LogP contribution in [0, 0.1) is 0 Å². The molecule has 0 radical (unpaired) electrons. The molecule has 0 N–H and O–H groups in total. The minimum absolute atomic E-state index is 0.149. The Bertz CT molecular complexity index is 568. The van der Waals surface area contributed by atoms with Crippen molar-refractivity contribution in [2.24, 2.45) is 0 Å². The predicted octanol–water partition coefficient (Wildman–Crippen LogP) is 2.77. The zero-order valence-corrected chi connectivity index (χ0v) is 12.6. The lowest BCUT2D eigenvalue weighted by molar-refractivity contribution is -0.174. The Kier molecular flexibility index (Phi) is 3.90. The van der Waals surface area contributed by atoms with Gasteiger partial charge in [-0.15, -0.1) is 0 Å². The molecule has 21 heavy (non-hydrogen) atoms. The minimum Gasteiger partial charge on any atom is -0.460 e. The molecular formula is C17H20O4. The van der Waals surface area contributed by atoms with E-state index in [2.05, 4.69) is 6.58 Å². The Morgan fingerprint density at radius 1 is 1.29 bits per heavy atom. The van der Waals surface area contributed by atoms with Crippen molar-refractivity contribution in [2.45, 2.75) is 38.2 Å². The quantitative estimate of drug-likeness (QED) is 0.477. The molecule has 0 spiro atoms. The number of esters is 2. The summed E-state index contributed by atoms with van der Waals surface area (Å²) in [4.78, 5) is 25.2. The summed E-state index contributed by atoms with van der Waals surface area (Å²) in [7, 11) is 0. The molecule has 0 bridgehead atoms. The third-order valence-electron chi connectivity index (χ3n) is 3.28. The molecule has 1 aromatic rings. The van der Waals surface area contributed by atoms with Gasteiger partial charge in [-0.05, 0) is 31.9 Å². The van der Waals surface area contributed by atoms with Crippen LogP contribution in [0.2, 0.25) is 0 Å². The average Bonchev–Trinajstić information content (AvgIpc) is 2.40. The first kappa shape index (κ1) is 15.3. The summed E-state index contributed by atoms with van der Waals surface area (Å²) in [6, 6.07) is 8.88. The summed E-state index contributed by atoms with van der Waals surface area (Å²) >= 11 is 0. The number of rotatable bonds is 2. The van der Waals surface area contributed by atoms with Crippen molar-refractivity contribution in [1.29, 1.82) is 0 Å². The molecule has 4 heteroatoms. The van der Waals surface area contributed by atoms with E-state index in [9.17, 15) is 9.59 Å². The van der Waals surface area contributed by atoms with Crippen molar-refractivity contribution < 1.29 is 19.1 Å². The standard InChI is InChI=1S/C17H20O4/c1-12-10-17(14(18)20-11-12,13-8-6-5-7-9-13)15(19)21-16(2,3)4/h5-9H,1,10-11H2,2-4H3. The third kappa shape index (κ3) is 2.99. The van der Waals surface area contributed by atoms with E-state index in [4.69, 9.17) is 9.47 Å². The number of hydrogen-bond donors (Lipinski definition) is 0. The maximum Gasteiger partial charge on any atom is 0.328 e. The number of carbonyl (C=O) groups is 2. The zero-order chi connectivity index (χ0) is 15.7. The van der Waals surface area contributed by atoms with Crippen LogP contribution in [0.5, 0.6) is 0 Å². The molecule has 2 rings (SSSR count). The first-order valence-electron chi connectivity index (χ1n) is 6.88. The Morgan fingerprint density at radius 3 is 2.48 bits per heavy atom. The number of benzene rings is 1. The SMILES string of the molecule is C=C1COC(=O)C(C(=O)OC(C)(C)C)(c2ccccc2)C1. The topological polar surface area (TPSA) is 52.6 Å². The van der Waals surface area contributed by atoms with Gasteiger partial charge in [-0.1, -0.05) is 36.9 Å². The maximum atomic E-state index is 12.7. The summed E-state index contributed by atoms with van der Waals surface area (Å²) in [6.45, 7) is 9.32. The number of carbonyl (C=O) groups excluding carboxylic acids is 2. The van der Waals surface area contributed by atoms with Gasteiger partial charge < -0.3 is 9.47 Å². The number of hydrogen-bond acceptors (Lipinski definition) is 4. The van der Waals surface area contributed by atoms with E-state index >= 15 is 0 Å². The largest absolute Gasteiger partial charge is 0.460 e. The van der Waals surface area contributed by atoms with Gasteiger partial charge in [-0.25, -0.2) is 0 Å². The number of cyclic esters (lactones) is 1. The normalized spacial score (nSPS) is 22.6. The molecule has 0 saturated carbocycles. The Balaban J connectivity index is 2.51. The molecular weight excluding hydrogens is 268 g/mol. The second-order valence-electron chi connectivity index (χ2n) is 6.28. The van der Waals surface area contributed by atoms with Crippen LogP contribution >= 0.6 is 0 Å². The van der Waals surface area contributed by atoms with E-state index in [1.807, 2.05) is 6.07 Å². The van der Waals surface area contributed by atoms with Crippen molar-refractivity contribution in [1.82, 2.24) is 0 Å². The molecule has 1 heterocycles. The van der Waals surface area contributed by atoms with E-state index in [-0.39, 0.29) is 13.0 Å². The lowest BCUT2D eigenvalue weighted by Gasteiger charge is -2.36. The molecule has 1 atom stereocenters. The molecule has 112 valence electrons. The van der Waals surface area contributed by atoms with Gasteiger partial charge in [-0.2, -0.15) is 0 Å². The molecule has 1 unspecified atom stereocenters. The van der Waals surface area contributed by atoms with Crippen LogP contribution in [0.15, 0.2) is 42.5 Å². The van der Waals surface area contributed by atoms with Gasteiger partial charge in [0, 0.05) is 6.42 Å². The molecule has 1 aliphatic heterocycles. The highest BCUT2D eigenvalue weighted by Crippen LogP contribution is 2.38. The fourth-order valence-corrected chi connectivity index (χ4v) is 2.37. The van der Waals surface area contributed by atoms with E-state index in [1.165, 1.54) is 0 Å². The molecule has 1 fully saturated rings. The molecule has 1 aliphatic rings. The van der Waals surface area contributed by atoms with Crippen LogP contribution in [0.4, 0.5) is 0 Å².